The summed E-state index contributed by atoms with van der Waals surface area (Å²) in [6, 6.07) is 37.9. The Morgan fingerprint density at radius 3 is 2.14 bits per heavy atom. The lowest BCUT2D eigenvalue weighted by Gasteiger charge is -2.44. The van der Waals surface area contributed by atoms with Crippen molar-refractivity contribution in [2.24, 2.45) is 0 Å². The summed E-state index contributed by atoms with van der Waals surface area (Å²) in [5, 5.41) is 0. The second-order valence-electron chi connectivity index (χ2n) is 12.6. The summed E-state index contributed by atoms with van der Waals surface area (Å²) >= 11 is 0. The first kappa shape index (κ1) is 21.5. The van der Waals surface area contributed by atoms with E-state index in [0.717, 1.165) is 11.5 Å². The van der Waals surface area contributed by atoms with Crippen molar-refractivity contribution in [3.63, 3.8) is 0 Å². The Morgan fingerprint density at radius 1 is 0.548 bits per heavy atom. The van der Waals surface area contributed by atoms with Gasteiger partial charge in [0.2, 0.25) is 5.69 Å². The minimum Gasteiger partial charge on any atom is -0.456 e. The van der Waals surface area contributed by atoms with Crippen molar-refractivity contribution in [1.29, 1.82) is 0 Å². The molecule has 196 valence electrons. The van der Waals surface area contributed by atoms with E-state index in [1.54, 1.807) is 0 Å². The van der Waals surface area contributed by atoms with Gasteiger partial charge in [-0.3, -0.25) is 0 Å². The Morgan fingerprint density at radius 2 is 1.24 bits per heavy atom. The molecule has 4 aromatic carbocycles. The lowest BCUT2D eigenvalue weighted by molar-refractivity contribution is -0.959. The molecule has 5 aliphatic rings. The molecule has 0 fully saturated rings. The van der Waals surface area contributed by atoms with Crippen molar-refractivity contribution in [3.05, 3.63) is 138 Å². The van der Waals surface area contributed by atoms with Crippen LogP contribution in [0.4, 0.5) is 17.2 Å². The van der Waals surface area contributed by atoms with Gasteiger partial charge in [-0.1, -0.05) is 68.4 Å². The monoisotopic (exact) mass is 539 g/mol. The molecule has 0 N–H and O–H groups in total. The lowest BCUT2D eigenvalue weighted by atomic mass is 9.69. The van der Waals surface area contributed by atoms with E-state index in [0.29, 0.717) is 0 Å². The zero-order valence-electron chi connectivity index (χ0n) is 23.2. The SMILES string of the molecule is CC1(C)c2cccc3c2N2c4c1ccc1c4C4(c5c(cccc5-c5cccc[n+]54)O1)[n+]1cccc(c12)-c1ccccc1-3. The van der Waals surface area contributed by atoms with E-state index in [4.69, 9.17) is 4.74 Å². The summed E-state index contributed by atoms with van der Waals surface area (Å²) in [5.41, 5.74) is 14.2. The number of rotatable bonds is 0. The second kappa shape index (κ2) is 6.63. The van der Waals surface area contributed by atoms with Crippen LogP contribution in [0.15, 0.2) is 116 Å². The molecule has 5 aliphatic heterocycles. The molecular formula is C38H25N3O+2. The average Bonchev–Trinajstić information content (AvgIpc) is 3.25. The number of fused-ring (bicyclic) bond motifs is 5. The maximum atomic E-state index is 6.87. The van der Waals surface area contributed by atoms with Gasteiger partial charge >= 0.3 is 11.5 Å². The molecule has 6 aromatic rings. The standard InChI is InChI=1S/C38H25N3O/c1-37(2)27-15-7-12-24-22-10-3-4-11-23(22)25-14-9-21-40-36(25)41(34(24)27)35-28(37)18-19-31-33(35)38(40)32-26(13-8-17-30(32)42-31)29-16-5-6-20-39(29)38/h3-21H,1-2H3/q+2. The fourth-order valence-corrected chi connectivity index (χ4v) is 8.83. The van der Waals surface area contributed by atoms with Crippen LogP contribution in [0.5, 0.6) is 11.5 Å². The van der Waals surface area contributed by atoms with Crippen LogP contribution in [-0.2, 0) is 11.1 Å². The highest BCUT2D eigenvalue weighted by molar-refractivity contribution is 6.05. The average molecular weight is 540 g/mol. The third-order valence-electron chi connectivity index (χ3n) is 10.4. The summed E-state index contributed by atoms with van der Waals surface area (Å²) in [5.74, 6) is 3.04. The Bertz CT molecular complexity index is 2280. The zero-order valence-corrected chi connectivity index (χ0v) is 23.2. The summed E-state index contributed by atoms with van der Waals surface area (Å²) in [6.45, 7) is 4.77. The van der Waals surface area contributed by atoms with Crippen LogP contribution in [0.2, 0.25) is 0 Å². The Kier molecular flexibility index (Phi) is 3.40. The molecule has 0 aliphatic carbocycles. The maximum absolute atomic E-state index is 6.87. The number of anilines is 3. The van der Waals surface area contributed by atoms with Gasteiger partial charge in [-0.05, 0) is 47.5 Å². The highest BCUT2D eigenvalue weighted by atomic mass is 16.5. The van der Waals surface area contributed by atoms with E-state index in [2.05, 4.69) is 143 Å². The molecule has 7 heterocycles. The number of hydrogen-bond acceptors (Lipinski definition) is 2. The van der Waals surface area contributed by atoms with Crippen LogP contribution in [0, 0.1) is 0 Å². The van der Waals surface area contributed by atoms with E-state index >= 15 is 0 Å². The van der Waals surface area contributed by atoms with Gasteiger partial charge in [-0.25, -0.2) is 0 Å². The molecule has 0 radical (unpaired) electrons. The minimum atomic E-state index is -0.634. The number of benzene rings is 4. The van der Waals surface area contributed by atoms with Crippen LogP contribution in [0.1, 0.15) is 36.1 Å². The molecule has 0 bridgehead atoms. The molecule has 4 heteroatoms. The van der Waals surface area contributed by atoms with Crippen molar-refractivity contribution in [3.8, 4) is 45.0 Å². The lowest BCUT2D eigenvalue weighted by Crippen LogP contribution is -2.76. The number of nitrogens with zero attached hydrogens (tertiary/aromatic N) is 3. The highest BCUT2D eigenvalue weighted by Gasteiger charge is 2.70. The first-order chi connectivity index (χ1) is 20.6. The third kappa shape index (κ3) is 2.03. The number of hydrogen-bond donors (Lipinski definition) is 0. The summed E-state index contributed by atoms with van der Waals surface area (Å²) in [7, 11) is 0. The number of aromatic nitrogens is 2. The fraction of sp³-hybridized carbons (Fsp3) is 0.105. The predicted molar refractivity (Wildman–Crippen MR) is 162 cm³/mol. The predicted octanol–water partition coefficient (Wildman–Crippen LogP) is 7.72. The number of ether oxygens (including phenoxy) is 1. The van der Waals surface area contributed by atoms with Crippen LogP contribution in [0.3, 0.4) is 0 Å². The highest BCUT2D eigenvalue weighted by Crippen LogP contribution is 2.66. The summed E-state index contributed by atoms with van der Waals surface area (Å²) in [4.78, 5) is 2.57. The van der Waals surface area contributed by atoms with E-state index in [9.17, 15) is 0 Å². The van der Waals surface area contributed by atoms with Crippen molar-refractivity contribution in [1.82, 2.24) is 0 Å². The van der Waals surface area contributed by atoms with Crippen LogP contribution in [0.25, 0.3) is 33.5 Å². The minimum absolute atomic E-state index is 0.216. The van der Waals surface area contributed by atoms with E-state index in [1.807, 2.05) is 0 Å². The molecular weight excluding hydrogens is 514 g/mol. The van der Waals surface area contributed by atoms with Gasteiger partial charge in [0.25, 0.3) is 0 Å². The molecule has 1 unspecified atom stereocenters. The molecule has 0 saturated carbocycles. The van der Waals surface area contributed by atoms with Gasteiger partial charge < -0.3 is 4.74 Å². The normalized spacial score (nSPS) is 19.1. The van der Waals surface area contributed by atoms with Gasteiger partial charge in [0, 0.05) is 34.2 Å². The molecule has 0 amide bonds. The first-order valence-electron chi connectivity index (χ1n) is 14.7. The molecule has 2 aromatic heterocycles. The fourth-order valence-electron chi connectivity index (χ4n) is 8.83. The molecule has 1 spiro atoms. The van der Waals surface area contributed by atoms with Gasteiger partial charge in [0.15, 0.2) is 17.4 Å². The topological polar surface area (TPSA) is 20.2 Å². The van der Waals surface area contributed by atoms with Crippen molar-refractivity contribution < 1.29 is 13.9 Å². The Balaban J connectivity index is 1.45. The summed E-state index contributed by atoms with van der Waals surface area (Å²) < 4.78 is 11.9. The quantitative estimate of drug-likeness (QED) is 0.184. The zero-order chi connectivity index (χ0) is 27.5. The Hall–Kier alpha value is -5.22. The van der Waals surface area contributed by atoms with Crippen LogP contribution in [-0.4, -0.2) is 0 Å². The molecule has 4 nitrogen and oxygen atoms in total. The maximum Gasteiger partial charge on any atom is 0.374 e. The van der Waals surface area contributed by atoms with Gasteiger partial charge in [0.05, 0.1) is 17.3 Å². The number of para-hydroxylation sites is 1. The summed E-state index contributed by atoms with van der Waals surface area (Å²) in [6.07, 6.45) is 4.54. The first-order valence-corrected chi connectivity index (χ1v) is 14.7. The van der Waals surface area contributed by atoms with E-state index in [1.165, 1.54) is 73.0 Å². The van der Waals surface area contributed by atoms with Crippen LogP contribution < -0.4 is 18.8 Å². The molecule has 11 rings (SSSR count). The largest absolute Gasteiger partial charge is 0.456 e. The number of pyridine rings is 2. The molecule has 42 heavy (non-hydrogen) atoms. The van der Waals surface area contributed by atoms with Gasteiger partial charge in [-0.2, -0.15) is 9.47 Å². The third-order valence-corrected chi connectivity index (χ3v) is 10.4. The smallest absolute Gasteiger partial charge is 0.374 e. The van der Waals surface area contributed by atoms with Crippen LogP contribution >= 0.6 is 0 Å². The van der Waals surface area contributed by atoms with Crippen molar-refractivity contribution >= 4 is 17.2 Å². The molecule has 1 atom stereocenters. The Labute approximate surface area is 243 Å². The van der Waals surface area contributed by atoms with Crippen molar-refractivity contribution in [2.75, 3.05) is 4.90 Å². The van der Waals surface area contributed by atoms with Crippen molar-refractivity contribution in [2.45, 2.75) is 24.9 Å². The van der Waals surface area contributed by atoms with Gasteiger partial charge in [0.1, 0.15) is 22.7 Å². The van der Waals surface area contributed by atoms with Gasteiger partial charge in [-0.15, -0.1) is 4.57 Å². The second-order valence-corrected chi connectivity index (χ2v) is 12.6. The molecule has 0 saturated heterocycles. The van der Waals surface area contributed by atoms with E-state index in [-0.39, 0.29) is 5.41 Å². The van der Waals surface area contributed by atoms with E-state index < -0.39 is 5.66 Å².